The molecule has 0 radical (unpaired) electrons. The van der Waals surface area contributed by atoms with E-state index in [1.54, 1.807) is 28.4 Å². The predicted octanol–water partition coefficient (Wildman–Crippen LogP) is 2.25. The number of nitrogens with one attached hydrogen (secondary N) is 2. The molecule has 1 aliphatic rings. The second-order valence-electron chi connectivity index (χ2n) is 6.68. The zero-order valence-corrected chi connectivity index (χ0v) is 17.3. The van der Waals surface area contributed by atoms with Gasteiger partial charge in [-0.15, -0.1) is 0 Å². The maximum Gasteiger partial charge on any atom is 0.203 e. The van der Waals surface area contributed by atoms with Gasteiger partial charge in [0.05, 0.1) is 21.3 Å². The van der Waals surface area contributed by atoms with Gasteiger partial charge < -0.3 is 29.7 Å². The normalized spacial score (nSPS) is 16.1. The number of rotatable bonds is 8. The van der Waals surface area contributed by atoms with Crippen LogP contribution in [-0.4, -0.2) is 64.9 Å². The third-order valence-corrected chi connectivity index (χ3v) is 4.92. The summed E-state index contributed by atoms with van der Waals surface area (Å²) in [5.74, 6) is 2.73. The van der Waals surface area contributed by atoms with Crippen LogP contribution in [0.4, 0.5) is 0 Å². The Balaban J connectivity index is 1.95. The molecule has 7 nitrogen and oxygen atoms in total. The molecule has 1 heterocycles. The van der Waals surface area contributed by atoms with Gasteiger partial charge in [-0.2, -0.15) is 0 Å². The summed E-state index contributed by atoms with van der Waals surface area (Å²) in [6, 6.07) is 4.32. The zero-order valence-electron chi connectivity index (χ0n) is 17.3. The largest absolute Gasteiger partial charge is 0.493 e. The molecule has 1 aliphatic heterocycles. The van der Waals surface area contributed by atoms with Crippen LogP contribution in [0.3, 0.4) is 0 Å². The molecule has 0 aromatic heterocycles. The van der Waals surface area contributed by atoms with Crippen LogP contribution in [-0.2, 0) is 6.54 Å². The number of hydrogen-bond donors (Lipinski definition) is 2. The van der Waals surface area contributed by atoms with E-state index in [1.807, 2.05) is 12.1 Å². The van der Waals surface area contributed by atoms with Crippen LogP contribution < -0.4 is 24.8 Å². The molecule has 0 aliphatic carbocycles. The monoisotopic (exact) mass is 378 g/mol. The van der Waals surface area contributed by atoms with Crippen LogP contribution in [0.1, 0.15) is 31.7 Å². The Hall–Kier alpha value is -2.15. The number of methoxy groups -OCH3 is 3. The molecular weight excluding hydrogens is 344 g/mol. The van der Waals surface area contributed by atoms with E-state index in [0.717, 1.165) is 37.5 Å². The summed E-state index contributed by atoms with van der Waals surface area (Å²) >= 11 is 0. The first kappa shape index (κ1) is 21.2. The molecule has 0 saturated carbocycles. The van der Waals surface area contributed by atoms with Gasteiger partial charge in [-0.05, 0) is 37.9 Å². The van der Waals surface area contributed by atoms with E-state index in [2.05, 4.69) is 27.4 Å². The van der Waals surface area contributed by atoms with E-state index in [-0.39, 0.29) is 0 Å². The van der Waals surface area contributed by atoms with Crippen LogP contribution in [0.15, 0.2) is 17.1 Å². The van der Waals surface area contributed by atoms with Crippen molar-refractivity contribution in [1.29, 1.82) is 0 Å². The maximum atomic E-state index is 5.55. The first-order valence-electron chi connectivity index (χ1n) is 9.64. The summed E-state index contributed by atoms with van der Waals surface area (Å²) in [5, 5.41) is 6.92. The maximum absolute atomic E-state index is 5.55. The van der Waals surface area contributed by atoms with Crippen molar-refractivity contribution >= 4 is 5.96 Å². The number of ether oxygens (including phenoxy) is 3. The van der Waals surface area contributed by atoms with E-state index in [1.165, 1.54) is 13.0 Å². The third kappa shape index (κ3) is 5.66. The molecule has 7 heteroatoms. The molecule has 1 aromatic carbocycles. The Morgan fingerprint density at radius 3 is 2.37 bits per heavy atom. The van der Waals surface area contributed by atoms with E-state index in [0.29, 0.717) is 29.8 Å². The summed E-state index contributed by atoms with van der Waals surface area (Å²) < 4.78 is 16.3. The minimum Gasteiger partial charge on any atom is -0.493 e. The van der Waals surface area contributed by atoms with E-state index < -0.39 is 0 Å². The molecule has 0 amide bonds. The molecule has 1 fully saturated rings. The van der Waals surface area contributed by atoms with Crippen molar-refractivity contribution < 1.29 is 14.2 Å². The molecule has 0 unspecified atom stereocenters. The van der Waals surface area contributed by atoms with Gasteiger partial charge in [0, 0.05) is 38.3 Å². The second-order valence-corrected chi connectivity index (χ2v) is 6.68. The van der Waals surface area contributed by atoms with Gasteiger partial charge in [-0.1, -0.05) is 6.92 Å². The average molecular weight is 379 g/mol. The zero-order chi connectivity index (χ0) is 19.6. The molecule has 2 rings (SSSR count). The van der Waals surface area contributed by atoms with Crippen molar-refractivity contribution in [2.75, 3.05) is 48.0 Å². The summed E-state index contributed by atoms with van der Waals surface area (Å²) in [4.78, 5) is 6.90. The van der Waals surface area contributed by atoms with Crippen molar-refractivity contribution in [1.82, 2.24) is 15.5 Å². The molecule has 27 heavy (non-hydrogen) atoms. The van der Waals surface area contributed by atoms with Gasteiger partial charge >= 0.3 is 0 Å². The fourth-order valence-electron chi connectivity index (χ4n) is 3.49. The van der Waals surface area contributed by atoms with Crippen molar-refractivity contribution in [3.63, 3.8) is 0 Å². The summed E-state index contributed by atoms with van der Waals surface area (Å²) in [6.45, 7) is 6.30. The molecule has 0 atom stereocenters. The number of hydrogen-bond acceptors (Lipinski definition) is 5. The molecular formula is C20H34N4O3. The van der Waals surface area contributed by atoms with Gasteiger partial charge in [0.25, 0.3) is 0 Å². The van der Waals surface area contributed by atoms with E-state index in [4.69, 9.17) is 14.2 Å². The summed E-state index contributed by atoms with van der Waals surface area (Å²) in [6.07, 6.45) is 3.50. The highest BCUT2D eigenvalue weighted by molar-refractivity contribution is 5.80. The molecule has 0 spiro atoms. The molecule has 1 saturated heterocycles. The van der Waals surface area contributed by atoms with Crippen LogP contribution >= 0.6 is 0 Å². The number of piperidine rings is 1. The van der Waals surface area contributed by atoms with E-state index in [9.17, 15) is 0 Å². The quantitative estimate of drug-likeness (QED) is 0.534. The lowest BCUT2D eigenvalue weighted by Gasteiger charge is -2.32. The summed E-state index contributed by atoms with van der Waals surface area (Å²) in [5.41, 5.74) is 0.982. The minimum atomic E-state index is 0.455. The Labute approximate surface area is 163 Å². The lowest BCUT2D eigenvalue weighted by molar-refractivity contribution is 0.206. The molecule has 152 valence electrons. The number of nitrogens with zero attached hydrogens (tertiary/aromatic N) is 2. The number of guanidine groups is 1. The fraction of sp³-hybridized carbons (Fsp3) is 0.650. The lowest BCUT2D eigenvalue weighted by atomic mass is 10.1. The van der Waals surface area contributed by atoms with Gasteiger partial charge in [0.15, 0.2) is 17.5 Å². The summed E-state index contributed by atoms with van der Waals surface area (Å²) in [7, 11) is 6.67. The average Bonchev–Trinajstić information content (AvgIpc) is 2.71. The second kappa shape index (κ2) is 10.9. The topological polar surface area (TPSA) is 67.4 Å². The van der Waals surface area contributed by atoms with Crippen LogP contribution in [0.2, 0.25) is 0 Å². The van der Waals surface area contributed by atoms with E-state index >= 15 is 0 Å². The van der Waals surface area contributed by atoms with Crippen LogP contribution in [0.5, 0.6) is 17.2 Å². The van der Waals surface area contributed by atoms with Crippen molar-refractivity contribution in [3.8, 4) is 17.2 Å². The standard InChI is InChI=1S/C20H34N4O3/c1-6-11-24-12-9-16(10-13-24)23-20(21-2)22-14-15-7-8-17(25-3)19(27-5)18(15)26-4/h7-8,16H,6,9-14H2,1-5H3,(H2,21,22,23). The Morgan fingerprint density at radius 1 is 1.11 bits per heavy atom. The van der Waals surface area contributed by atoms with Crippen LogP contribution in [0.25, 0.3) is 0 Å². The SMILES string of the molecule is CCCN1CCC(NC(=NC)NCc2ccc(OC)c(OC)c2OC)CC1. The van der Waals surface area contributed by atoms with Crippen molar-refractivity contribution in [2.45, 2.75) is 38.8 Å². The van der Waals surface area contributed by atoms with Gasteiger partial charge in [-0.3, -0.25) is 4.99 Å². The van der Waals surface area contributed by atoms with Gasteiger partial charge in [0.2, 0.25) is 5.75 Å². The molecule has 1 aromatic rings. The fourth-order valence-corrected chi connectivity index (χ4v) is 3.49. The highest BCUT2D eigenvalue weighted by Gasteiger charge is 2.20. The van der Waals surface area contributed by atoms with Crippen molar-refractivity contribution in [3.05, 3.63) is 17.7 Å². The lowest BCUT2D eigenvalue weighted by Crippen LogP contribution is -2.48. The molecule has 2 N–H and O–H groups in total. The number of likely N-dealkylation sites (tertiary alicyclic amines) is 1. The van der Waals surface area contributed by atoms with Gasteiger partial charge in [-0.25, -0.2) is 0 Å². The van der Waals surface area contributed by atoms with Crippen molar-refractivity contribution in [2.24, 2.45) is 4.99 Å². The highest BCUT2D eigenvalue weighted by atomic mass is 16.5. The minimum absolute atomic E-state index is 0.455. The first-order valence-corrected chi connectivity index (χ1v) is 9.64. The molecule has 0 bridgehead atoms. The Kier molecular flexibility index (Phi) is 8.51. The predicted molar refractivity (Wildman–Crippen MR) is 109 cm³/mol. The smallest absolute Gasteiger partial charge is 0.203 e. The highest BCUT2D eigenvalue weighted by Crippen LogP contribution is 2.39. The van der Waals surface area contributed by atoms with Gasteiger partial charge in [0.1, 0.15) is 0 Å². The Bertz CT molecular complexity index is 613. The number of aliphatic imine (C=N–C) groups is 1. The first-order chi connectivity index (χ1) is 13.2. The number of benzene rings is 1. The van der Waals surface area contributed by atoms with Crippen LogP contribution in [0, 0.1) is 0 Å². The Morgan fingerprint density at radius 2 is 1.81 bits per heavy atom. The third-order valence-electron chi connectivity index (χ3n) is 4.92.